The van der Waals surface area contributed by atoms with Crippen LogP contribution in [0.1, 0.15) is 15.9 Å². The molecule has 0 saturated carbocycles. The van der Waals surface area contributed by atoms with Gasteiger partial charge in [-0.3, -0.25) is 9.59 Å². The molecule has 2 aromatic carbocycles. The van der Waals surface area contributed by atoms with Gasteiger partial charge >= 0.3 is 0 Å². The van der Waals surface area contributed by atoms with Gasteiger partial charge in [0.15, 0.2) is 0 Å². The first-order chi connectivity index (χ1) is 12.5. The minimum Gasteiger partial charge on any atom is -0.338 e. The molecule has 1 unspecified atom stereocenters. The van der Waals surface area contributed by atoms with Gasteiger partial charge in [-0.25, -0.2) is 0 Å². The van der Waals surface area contributed by atoms with Gasteiger partial charge in [0.25, 0.3) is 5.91 Å². The summed E-state index contributed by atoms with van der Waals surface area (Å²) in [5, 5.41) is 0.634. The van der Waals surface area contributed by atoms with Gasteiger partial charge in [-0.05, 0) is 36.2 Å². The molecule has 1 atom stereocenters. The molecular formula is C20H22ClN3O2. The topological polar surface area (TPSA) is 66.6 Å². The highest BCUT2D eigenvalue weighted by Gasteiger charge is 2.27. The molecule has 6 heteroatoms. The van der Waals surface area contributed by atoms with Gasteiger partial charge in [0.2, 0.25) is 5.91 Å². The molecule has 1 heterocycles. The van der Waals surface area contributed by atoms with Gasteiger partial charge in [-0.1, -0.05) is 41.9 Å². The van der Waals surface area contributed by atoms with Gasteiger partial charge in [-0.15, -0.1) is 0 Å². The molecule has 0 spiro atoms. The fraction of sp³-hybridized carbons (Fsp3) is 0.300. The summed E-state index contributed by atoms with van der Waals surface area (Å²) in [6.45, 7) is 2.04. The molecule has 1 aliphatic heterocycles. The third-order valence-electron chi connectivity index (χ3n) is 4.56. The Morgan fingerprint density at radius 1 is 0.962 bits per heavy atom. The van der Waals surface area contributed by atoms with Crippen LogP contribution in [0.3, 0.4) is 0 Å². The average Bonchev–Trinajstić information content (AvgIpc) is 2.67. The highest BCUT2D eigenvalue weighted by molar-refractivity contribution is 6.30. The summed E-state index contributed by atoms with van der Waals surface area (Å²) in [5.41, 5.74) is 7.71. The highest BCUT2D eigenvalue weighted by Crippen LogP contribution is 2.14. The Morgan fingerprint density at radius 3 is 2.27 bits per heavy atom. The second-order valence-corrected chi connectivity index (χ2v) is 6.86. The van der Waals surface area contributed by atoms with Crippen molar-refractivity contribution in [2.75, 3.05) is 26.2 Å². The van der Waals surface area contributed by atoms with E-state index in [-0.39, 0.29) is 11.8 Å². The minimum atomic E-state index is -0.607. The van der Waals surface area contributed by atoms with Crippen molar-refractivity contribution in [1.29, 1.82) is 0 Å². The predicted molar refractivity (Wildman–Crippen MR) is 102 cm³/mol. The summed E-state index contributed by atoms with van der Waals surface area (Å²) in [6.07, 6.45) is 0.447. The van der Waals surface area contributed by atoms with E-state index < -0.39 is 6.04 Å². The Kier molecular flexibility index (Phi) is 5.91. The van der Waals surface area contributed by atoms with E-state index >= 15 is 0 Å². The normalized spacial score (nSPS) is 15.6. The van der Waals surface area contributed by atoms with Crippen molar-refractivity contribution in [3.63, 3.8) is 0 Å². The molecule has 2 aromatic rings. The summed E-state index contributed by atoms with van der Waals surface area (Å²) >= 11 is 5.98. The molecule has 5 nitrogen and oxygen atoms in total. The van der Waals surface area contributed by atoms with Crippen LogP contribution in [-0.4, -0.2) is 53.8 Å². The number of nitrogens with zero attached hydrogens (tertiary/aromatic N) is 2. The lowest BCUT2D eigenvalue weighted by Gasteiger charge is -2.36. The third kappa shape index (κ3) is 4.42. The maximum Gasteiger partial charge on any atom is 0.253 e. The Labute approximate surface area is 158 Å². The monoisotopic (exact) mass is 371 g/mol. The maximum atomic E-state index is 12.6. The molecule has 0 aliphatic carbocycles. The molecular weight excluding hydrogens is 350 g/mol. The average molecular weight is 372 g/mol. The first kappa shape index (κ1) is 18.4. The van der Waals surface area contributed by atoms with Crippen molar-refractivity contribution in [3.05, 3.63) is 70.7 Å². The van der Waals surface area contributed by atoms with E-state index in [2.05, 4.69) is 0 Å². The van der Waals surface area contributed by atoms with Crippen molar-refractivity contribution < 1.29 is 9.59 Å². The number of hydrogen-bond donors (Lipinski definition) is 1. The van der Waals surface area contributed by atoms with E-state index in [4.69, 9.17) is 17.3 Å². The first-order valence-electron chi connectivity index (χ1n) is 8.68. The molecule has 2 amide bonds. The fourth-order valence-electron chi connectivity index (χ4n) is 3.13. The SMILES string of the molecule is NC(Cc1cccc(Cl)c1)C(=O)N1CCN(C(=O)c2ccccc2)CC1. The van der Waals surface area contributed by atoms with E-state index in [1.807, 2.05) is 36.4 Å². The zero-order valence-corrected chi connectivity index (χ0v) is 15.2. The smallest absolute Gasteiger partial charge is 0.253 e. The van der Waals surface area contributed by atoms with Crippen molar-refractivity contribution in [2.24, 2.45) is 5.73 Å². The summed E-state index contributed by atoms with van der Waals surface area (Å²) in [6, 6.07) is 16.0. The predicted octanol–water partition coefficient (Wildman–Crippen LogP) is 2.19. The fourth-order valence-corrected chi connectivity index (χ4v) is 3.35. The number of hydrogen-bond acceptors (Lipinski definition) is 3. The van der Waals surface area contributed by atoms with Crippen LogP contribution >= 0.6 is 11.6 Å². The molecule has 0 aromatic heterocycles. The summed E-state index contributed by atoms with van der Waals surface area (Å²) in [7, 11) is 0. The molecule has 0 radical (unpaired) electrons. The standard InChI is InChI=1S/C20H22ClN3O2/c21-17-8-4-5-15(13-17)14-18(22)20(26)24-11-9-23(10-12-24)19(25)16-6-2-1-3-7-16/h1-8,13,18H,9-12,14,22H2. The second kappa shape index (κ2) is 8.34. The Hall–Kier alpha value is -2.37. The number of amides is 2. The number of benzene rings is 2. The molecule has 26 heavy (non-hydrogen) atoms. The van der Waals surface area contributed by atoms with E-state index in [0.717, 1.165) is 5.56 Å². The molecule has 3 rings (SSSR count). The quantitative estimate of drug-likeness (QED) is 0.895. The van der Waals surface area contributed by atoms with E-state index in [9.17, 15) is 9.59 Å². The van der Waals surface area contributed by atoms with Crippen LogP contribution in [0.25, 0.3) is 0 Å². The summed E-state index contributed by atoms with van der Waals surface area (Å²) in [5.74, 6) is -0.0855. The van der Waals surface area contributed by atoms with Crippen LogP contribution < -0.4 is 5.73 Å². The third-order valence-corrected chi connectivity index (χ3v) is 4.80. The number of piperazine rings is 1. The van der Waals surface area contributed by atoms with Gasteiger partial charge in [0, 0.05) is 36.8 Å². The second-order valence-electron chi connectivity index (χ2n) is 6.42. The van der Waals surface area contributed by atoms with Crippen LogP contribution in [0.15, 0.2) is 54.6 Å². The molecule has 2 N–H and O–H groups in total. The van der Waals surface area contributed by atoms with E-state index in [1.54, 1.807) is 28.0 Å². The Balaban J connectivity index is 1.54. The van der Waals surface area contributed by atoms with Crippen molar-refractivity contribution >= 4 is 23.4 Å². The molecule has 1 aliphatic rings. The van der Waals surface area contributed by atoms with Crippen LogP contribution in [0.5, 0.6) is 0 Å². The minimum absolute atomic E-state index is 0.000856. The van der Waals surface area contributed by atoms with Crippen LogP contribution in [-0.2, 0) is 11.2 Å². The molecule has 0 bridgehead atoms. The lowest BCUT2D eigenvalue weighted by atomic mass is 10.1. The number of halogens is 1. The number of nitrogens with two attached hydrogens (primary N) is 1. The van der Waals surface area contributed by atoms with Gasteiger partial charge in [0.1, 0.15) is 0 Å². The zero-order chi connectivity index (χ0) is 18.5. The van der Waals surface area contributed by atoms with Crippen LogP contribution in [0.2, 0.25) is 5.02 Å². The Morgan fingerprint density at radius 2 is 1.62 bits per heavy atom. The first-order valence-corrected chi connectivity index (χ1v) is 9.05. The highest BCUT2D eigenvalue weighted by atomic mass is 35.5. The summed E-state index contributed by atoms with van der Waals surface area (Å²) in [4.78, 5) is 28.6. The van der Waals surface area contributed by atoms with Gasteiger partial charge in [-0.2, -0.15) is 0 Å². The van der Waals surface area contributed by atoms with Crippen LogP contribution in [0.4, 0.5) is 0 Å². The lowest BCUT2D eigenvalue weighted by molar-refractivity contribution is -0.134. The van der Waals surface area contributed by atoms with Crippen molar-refractivity contribution in [1.82, 2.24) is 9.80 Å². The molecule has 1 saturated heterocycles. The molecule has 1 fully saturated rings. The van der Waals surface area contributed by atoms with Gasteiger partial charge < -0.3 is 15.5 Å². The zero-order valence-electron chi connectivity index (χ0n) is 14.5. The molecule has 136 valence electrons. The number of carbonyl (C=O) groups is 2. The van der Waals surface area contributed by atoms with E-state index in [0.29, 0.717) is 43.2 Å². The van der Waals surface area contributed by atoms with Crippen molar-refractivity contribution in [3.8, 4) is 0 Å². The maximum absolute atomic E-state index is 12.6. The largest absolute Gasteiger partial charge is 0.338 e. The van der Waals surface area contributed by atoms with Crippen LogP contribution in [0, 0.1) is 0 Å². The number of carbonyl (C=O) groups excluding carboxylic acids is 2. The van der Waals surface area contributed by atoms with Crippen molar-refractivity contribution in [2.45, 2.75) is 12.5 Å². The number of rotatable bonds is 4. The lowest BCUT2D eigenvalue weighted by Crippen LogP contribution is -2.54. The summed E-state index contributed by atoms with van der Waals surface area (Å²) < 4.78 is 0. The van der Waals surface area contributed by atoms with Gasteiger partial charge in [0.05, 0.1) is 6.04 Å². The Bertz CT molecular complexity index is 774. The van der Waals surface area contributed by atoms with E-state index in [1.165, 1.54) is 0 Å².